The molecule has 3 heterocycles. The summed E-state index contributed by atoms with van der Waals surface area (Å²) in [6.45, 7) is 6.84. The summed E-state index contributed by atoms with van der Waals surface area (Å²) in [4.78, 5) is 71.6. The largest absolute Gasteiger partial charge is 0.471 e. The Morgan fingerprint density at radius 2 is 1.73 bits per heavy atom. The quantitative estimate of drug-likeness (QED) is 0.225. The van der Waals surface area contributed by atoms with Crippen LogP contribution in [-0.4, -0.2) is 95.8 Å². The molecule has 7 atom stereocenters. The first-order valence-corrected chi connectivity index (χ1v) is 22.0. The number of aromatic nitrogens is 2. The summed E-state index contributed by atoms with van der Waals surface area (Å²) in [5, 5.41) is 4.56. The molecular formula is C42H56F2N4O10S. The number of alkyl halides is 2. The van der Waals surface area contributed by atoms with Crippen LogP contribution in [0.5, 0.6) is 5.88 Å². The van der Waals surface area contributed by atoms with Crippen LogP contribution in [0.1, 0.15) is 92.4 Å². The number of benzene rings is 1. The molecule has 4 aliphatic rings. The number of nitrogens with one attached hydrogen (secondary N) is 1. The fourth-order valence-corrected chi connectivity index (χ4v) is 9.74. The lowest BCUT2D eigenvalue weighted by Crippen LogP contribution is -2.48. The smallest absolute Gasteiger partial charge is 0.307 e. The lowest BCUT2D eigenvalue weighted by molar-refractivity contribution is -0.197. The van der Waals surface area contributed by atoms with E-state index in [9.17, 15) is 41.2 Å². The summed E-state index contributed by atoms with van der Waals surface area (Å²) in [5.41, 5.74) is -3.90. The van der Waals surface area contributed by atoms with Crippen LogP contribution in [0.2, 0.25) is 0 Å². The zero-order valence-electron chi connectivity index (χ0n) is 34.6. The molecule has 3 fully saturated rings. The molecule has 0 spiro atoms. The fraction of sp³-hybridized carbons (Fsp3) is 0.667. The van der Waals surface area contributed by atoms with Crippen molar-refractivity contribution in [3.8, 4) is 5.88 Å². The van der Waals surface area contributed by atoms with Gasteiger partial charge in [-0.3, -0.25) is 28.7 Å². The topological polar surface area (TPSA) is 180 Å². The van der Waals surface area contributed by atoms with Gasteiger partial charge in [-0.15, -0.1) is 5.10 Å². The van der Waals surface area contributed by atoms with Crippen LogP contribution in [0.15, 0.2) is 41.2 Å². The van der Waals surface area contributed by atoms with E-state index in [1.54, 1.807) is 24.3 Å². The molecular weight excluding hydrogens is 791 g/mol. The molecule has 2 aliphatic carbocycles. The van der Waals surface area contributed by atoms with Gasteiger partial charge in [-0.2, -0.15) is 0 Å². The average molecular weight is 847 g/mol. The predicted molar refractivity (Wildman–Crippen MR) is 213 cm³/mol. The number of carbonyl (C=O) groups is 4. The van der Waals surface area contributed by atoms with Crippen molar-refractivity contribution in [2.45, 2.75) is 128 Å². The molecule has 1 N–H and O–H groups in total. The third kappa shape index (κ3) is 9.71. The molecule has 1 saturated heterocycles. The van der Waals surface area contributed by atoms with Gasteiger partial charge in [0.25, 0.3) is 11.5 Å². The van der Waals surface area contributed by atoms with Crippen LogP contribution in [0.4, 0.5) is 8.78 Å². The van der Waals surface area contributed by atoms with Gasteiger partial charge in [0.2, 0.25) is 27.7 Å². The average Bonchev–Trinajstić information content (AvgIpc) is 4.09. The maximum absolute atomic E-state index is 14.9. The fourth-order valence-electron chi connectivity index (χ4n) is 8.36. The Hall–Kier alpha value is -4.25. The number of hydrogen-bond acceptors (Lipinski definition) is 11. The Morgan fingerprint density at radius 1 is 1.03 bits per heavy atom. The third-order valence-corrected chi connectivity index (χ3v) is 14.4. The minimum atomic E-state index is -3.93. The zero-order chi connectivity index (χ0) is 43.1. The van der Waals surface area contributed by atoms with E-state index in [2.05, 4.69) is 9.82 Å². The number of allylic oxidation sites excluding steroid dienone is 2. The minimum Gasteiger partial charge on any atom is -0.471 e. The molecule has 2 saturated carbocycles. The number of amides is 2. The molecule has 1 aromatic carbocycles. The van der Waals surface area contributed by atoms with E-state index in [1.165, 1.54) is 16.7 Å². The van der Waals surface area contributed by atoms with Gasteiger partial charge in [-0.25, -0.2) is 21.9 Å². The number of ketones is 1. The maximum atomic E-state index is 14.9. The molecule has 1 aromatic heterocycles. The van der Waals surface area contributed by atoms with Gasteiger partial charge in [0.05, 0.1) is 59.5 Å². The second-order valence-electron chi connectivity index (χ2n) is 17.6. The number of fused-ring (bicyclic) bond motifs is 3. The predicted octanol–water partition coefficient (Wildman–Crippen LogP) is 4.96. The van der Waals surface area contributed by atoms with Crippen molar-refractivity contribution >= 4 is 44.4 Å². The monoisotopic (exact) mass is 846 g/mol. The Morgan fingerprint density at radius 3 is 2.39 bits per heavy atom. The highest BCUT2D eigenvalue weighted by atomic mass is 32.2. The summed E-state index contributed by atoms with van der Waals surface area (Å²) in [5.74, 6) is -8.01. The third-order valence-electron chi connectivity index (χ3n) is 12.6. The molecule has 324 valence electrons. The molecule has 14 nitrogen and oxygen atoms in total. The van der Waals surface area contributed by atoms with Crippen molar-refractivity contribution in [1.29, 1.82) is 0 Å². The molecule has 2 aliphatic heterocycles. The maximum Gasteiger partial charge on any atom is 0.307 e. The second kappa shape index (κ2) is 17.0. The number of methoxy groups -OCH3 is 1. The highest BCUT2D eigenvalue weighted by Gasteiger charge is 2.62. The number of ether oxygens (including phenoxy) is 3. The van der Waals surface area contributed by atoms with Gasteiger partial charge in [-0.05, 0) is 82.3 Å². The van der Waals surface area contributed by atoms with Crippen LogP contribution in [0, 0.1) is 29.1 Å². The lowest BCUT2D eigenvalue weighted by Gasteiger charge is -2.34. The Kier molecular flexibility index (Phi) is 12.8. The van der Waals surface area contributed by atoms with Crippen LogP contribution >= 0.6 is 0 Å². The first-order chi connectivity index (χ1) is 27.7. The standard InChI is InChI=1S/C42H56F2N4O10S/c1-25-11-7-8-12-27-22-42(27,39(53)46-59(54,55)29-15-16-29)23-34(49)33-20-28(57-36-30-13-9-10-14-31(30)38(52)48(45-36)17-18-56-6)24-47(33)37(51)32(26(2)19-25)21-35(50)58-40(3,4)41(5,43)44/h8-10,12-14,25-29,32-33H,7,11,15-24H2,1-6H3,(H,46,53)/b12-8-/t25-,26-,27-,28-,32+,33+,42-/m1/s1. The van der Waals surface area contributed by atoms with E-state index in [4.69, 9.17) is 14.2 Å². The minimum absolute atomic E-state index is 0.0482. The lowest BCUT2D eigenvalue weighted by atomic mass is 9.82. The highest BCUT2D eigenvalue weighted by molar-refractivity contribution is 7.90. The van der Waals surface area contributed by atoms with Crippen molar-refractivity contribution in [1.82, 2.24) is 19.4 Å². The summed E-state index contributed by atoms with van der Waals surface area (Å²) < 4.78 is 75.2. The number of rotatable bonds is 12. The van der Waals surface area contributed by atoms with Gasteiger partial charge in [0.15, 0.2) is 11.4 Å². The van der Waals surface area contributed by atoms with Crippen LogP contribution in [-0.2, 0) is 45.2 Å². The summed E-state index contributed by atoms with van der Waals surface area (Å²) in [7, 11) is -2.44. The van der Waals surface area contributed by atoms with E-state index >= 15 is 0 Å². The SMILES string of the molecule is COCCn1nc(O[C@@H]2C[C@H]3C(=O)C[C@]4(C(=O)NS(=O)(=O)C5CC5)C[C@H]4/C=C\CC[C@@H](C)C[C@@H](C)[C@H](CC(=O)OC(C)(C)C(C)(F)F)C(=O)N3C2)c2ccccc2c1=O. The van der Waals surface area contributed by atoms with Gasteiger partial charge in [-0.1, -0.05) is 38.1 Å². The number of halogens is 2. The van der Waals surface area contributed by atoms with Crippen molar-refractivity contribution in [2.24, 2.45) is 29.1 Å². The first kappa shape index (κ1) is 44.3. The number of nitrogens with zero attached hydrogens (tertiary/aromatic N) is 3. The Labute approximate surface area is 343 Å². The van der Waals surface area contributed by atoms with Crippen LogP contribution in [0.25, 0.3) is 10.8 Å². The Balaban J connectivity index is 1.37. The van der Waals surface area contributed by atoms with Crippen molar-refractivity contribution < 1.29 is 50.6 Å². The molecule has 17 heteroatoms. The molecule has 0 unspecified atom stereocenters. The zero-order valence-corrected chi connectivity index (χ0v) is 35.4. The molecule has 6 rings (SSSR count). The number of Topliss-reactive ketones (excluding diaryl/α,β-unsaturated/α-hetero) is 1. The van der Waals surface area contributed by atoms with E-state index in [0.717, 1.165) is 13.8 Å². The second-order valence-corrected chi connectivity index (χ2v) is 19.6. The van der Waals surface area contributed by atoms with E-state index in [1.807, 2.05) is 26.0 Å². The summed E-state index contributed by atoms with van der Waals surface area (Å²) in [6.07, 6.45) is 4.92. The van der Waals surface area contributed by atoms with Crippen molar-refractivity contribution in [3.63, 3.8) is 0 Å². The number of carbonyl (C=O) groups excluding carboxylic acids is 4. The molecule has 0 bridgehead atoms. The molecule has 2 aromatic rings. The van der Waals surface area contributed by atoms with Gasteiger partial charge in [0, 0.05) is 26.9 Å². The number of hydrogen-bond donors (Lipinski definition) is 1. The number of esters is 1. The van der Waals surface area contributed by atoms with E-state index in [0.29, 0.717) is 49.8 Å². The molecule has 0 radical (unpaired) electrons. The van der Waals surface area contributed by atoms with E-state index < -0.39 is 92.1 Å². The van der Waals surface area contributed by atoms with Crippen molar-refractivity contribution in [2.75, 3.05) is 20.3 Å². The Bertz CT molecular complexity index is 2150. The summed E-state index contributed by atoms with van der Waals surface area (Å²) >= 11 is 0. The normalized spacial score (nSPS) is 28.8. The van der Waals surface area contributed by atoms with Crippen molar-refractivity contribution in [3.05, 3.63) is 46.8 Å². The first-order valence-electron chi connectivity index (χ1n) is 20.5. The number of sulfonamides is 1. The van der Waals surface area contributed by atoms with Crippen LogP contribution < -0.4 is 15.0 Å². The van der Waals surface area contributed by atoms with Gasteiger partial charge in [0.1, 0.15) is 6.10 Å². The van der Waals surface area contributed by atoms with Gasteiger partial charge < -0.3 is 19.1 Å². The highest BCUT2D eigenvalue weighted by Crippen LogP contribution is 2.57. The molecule has 59 heavy (non-hydrogen) atoms. The summed E-state index contributed by atoms with van der Waals surface area (Å²) in [6, 6.07) is 5.57. The molecule has 2 amide bonds. The van der Waals surface area contributed by atoms with Crippen LogP contribution in [0.3, 0.4) is 0 Å². The van der Waals surface area contributed by atoms with E-state index in [-0.39, 0.29) is 56.3 Å². The van der Waals surface area contributed by atoms with Gasteiger partial charge >= 0.3 is 5.97 Å².